The highest BCUT2D eigenvalue weighted by molar-refractivity contribution is 5.92. The number of nitrogens with zero attached hydrogens (tertiary/aromatic N) is 1. The number of rotatable bonds is 6. The van der Waals surface area contributed by atoms with Crippen LogP contribution in [0.2, 0.25) is 0 Å². The SMILES string of the molecule is O=C(Cc1ccccc1OC(F)F)Nc1cc(-c2cc(F)cc(F)c2)[nH]n1. The third kappa shape index (κ3) is 4.84. The Morgan fingerprint density at radius 1 is 1.11 bits per heavy atom. The Morgan fingerprint density at radius 3 is 2.52 bits per heavy atom. The lowest BCUT2D eigenvalue weighted by Gasteiger charge is -2.10. The molecule has 2 N–H and O–H groups in total. The zero-order chi connectivity index (χ0) is 19.4. The van der Waals surface area contributed by atoms with Gasteiger partial charge in [0.25, 0.3) is 0 Å². The van der Waals surface area contributed by atoms with Gasteiger partial charge in [0.2, 0.25) is 5.91 Å². The lowest BCUT2D eigenvalue weighted by atomic mass is 10.1. The average molecular weight is 379 g/mol. The summed E-state index contributed by atoms with van der Waals surface area (Å²) in [6, 6.07) is 10.3. The molecule has 0 saturated heterocycles. The Kier molecular flexibility index (Phi) is 5.39. The lowest BCUT2D eigenvalue weighted by Crippen LogP contribution is -2.16. The lowest BCUT2D eigenvalue weighted by molar-refractivity contribution is -0.115. The van der Waals surface area contributed by atoms with Crippen LogP contribution in [0, 0.1) is 11.6 Å². The van der Waals surface area contributed by atoms with Gasteiger partial charge in [0, 0.05) is 23.3 Å². The van der Waals surface area contributed by atoms with Gasteiger partial charge in [0.1, 0.15) is 17.4 Å². The molecule has 9 heteroatoms. The van der Waals surface area contributed by atoms with Crippen LogP contribution in [-0.2, 0) is 11.2 Å². The van der Waals surface area contributed by atoms with Crippen LogP contribution in [0.3, 0.4) is 0 Å². The van der Waals surface area contributed by atoms with E-state index in [2.05, 4.69) is 20.3 Å². The molecular weight excluding hydrogens is 366 g/mol. The fourth-order valence-electron chi connectivity index (χ4n) is 2.46. The van der Waals surface area contributed by atoms with Crippen molar-refractivity contribution in [3.05, 3.63) is 65.7 Å². The van der Waals surface area contributed by atoms with Crippen molar-refractivity contribution < 1.29 is 27.1 Å². The second-order valence-corrected chi connectivity index (χ2v) is 5.54. The number of hydrogen-bond acceptors (Lipinski definition) is 3. The van der Waals surface area contributed by atoms with Gasteiger partial charge in [-0.05, 0) is 18.2 Å². The molecular formula is C18H13F4N3O2. The smallest absolute Gasteiger partial charge is 0.387 e. The van der Waals surface area contributed by atoms with Gasteiger partial charge in [-0.3, -0.25) is 9.89 Å². The van der Waals surface area contributed by atoms with Crippen molar-refractivity contribution in [1.82, 2.24) is 10.2 Å². The topological polar surface area (TPSA) is 67.0 Å². The number of carbonyl (C=O) groups is 1. The molecule has 5 nitrogen and oxygen atoms in total. The number of ether oxygens (including phenoxy) is 1. The van der Waals surface area contributed by atoms with E-state index < -0.39 is 24.2 Å². The molecule has 1 amide bonds. The van der Waals surface area contributed by atoms with Crippen molar-refractivity contribution in [3.63, 3.8) is 0 Å². The largest absolute Gasteiger partial charge is 0.435 e. The molecule has 0 spiro atoms. The predicted molar refractivity (Wildman–Crippen MR) is 89.3 cm³/mol. The van der Waals surface area contributed by atoms with Gasteiger partial charge in [-0.15, -0.1) is 0 Å². The highest BCUT2D eigenvalue weighted by Gasteiger charge is 2.14. The molecule has 0 saturated carbocycles. The highest BCUT2D eigenvalue weighted by Crippen LogP contribution is 2.23. The van der Waals surface area contributed by atoms with E-state index in [9.17, 15) is 22.4 Å². The Morgan fingerprint density at radius 2 is 1.81 bits per heavy atom. The Labute approximate surface area is 151 Å². The maximum Gasteiger partial charge on any atom is 0.387 e. The first-order valence-corrected chi connectivity index (χ1v) is 7.75. The Balaban J connectivity index is 1.70. The molecule has 0 aliphatic rings. The summed E-state index contributed by atoms with van der Waals surface area (Å²) in [5.41, 5.74) is 0.791. The molecule has 0 atom stereocenters. The maximum atomic E-state index is 13.3. The van der Waals surface area contributed by atoms with Crippen LogP contribution in [-0.4, -0.2) is 22.7 Å². The predicted octanol–water partition coefficient (Wildman–Crippen LogP) is 4.14. The minimum absolute atomic E-state index is 0.0967. The summed E-state index contributed by atoms with van der Waals surface area (Å²) < 4.78 is 55.8. The number of nitrogens with one attached hydrogen (secondary N) is 2. The van der Waals surface area contributed by atoms with Crippen molar-refractivity contribution in [1.29, 1.82) is 0 Å². The van der Waals surface area contributed by atoms with E-state index >= 15 is 0 Å². The number of aromatic amines is 1. The van der Waals surface area contributed by atoms with Gasteiger partial charge in [0.15, 0.2) is 5.82 Å². The van der Waals surface area contributed by atoms with Crippen LogP contribution in [0.1, 0.15) is 5.56 Å². The minimum Gasteiger partial charge on any atom is -0.435 e. The van der Waals surface area contributed by atoms with Crippen LogP contribution in [0.15, 0.2) is 48.5 Å². The first kappa shape index (κ1) is 18.4. The molecule has 0 fully saturated rings. The molecule has 3 rings (SSSR count). The van der Waals surface area contributed by atoms with Gasteiger partial charge in [-0.25, -0.2) is 8.78 Å². The van der Waals surface area contributed by atoms with E-state index in [4.69, 9.17) is 0 Å². The number of para-hydroxylation sites is 1. The third-order valence-electron chi connectivity index (χ3n) is 3.56. The van der Waals surface area contributed by atoms with E-state index in [0.717, 1.165) is 18.2 Å². The van der Waals surface area contributed by atoms with Crippen molar-refractivity contribution in [3.8, 4) is 17.0 Å². The number of H-pyrrole nitrogens is 1. The Bertz CT molecular complexity index is 939. The van der Waals surface area contributed by atoms with Crippen LogP contribution in [0.4, 0.5) is 23.4 Å². The molecule has 0 bridgehead atoms. The van der Waals surface area contributed by atoms with Crippen molar-refractivity contribution in [2.45, 2.75) is 13.0 Å². The summed E-state index contributed by atoms with van der Waals surface area (Å²) >= 11 is 0. The van der Waals surface area contributed by atoms with Gasteiger partial charge in [-0.1, -0.05) is 18.2 Å². The maximum absolute atomic E-state index is 13.3. The van der Waals surface area contributed by atoms with Gasteiger partial charge >= 0.3 is 6.61 Å². The molecule has 1 heterocycles. The highest BCUT2D eigenvalue weighted by atomic mass is 19.3. The van der Waals surface area contributed by atoms with Crippen molar-refractivity contribution in [2.24, 2.45) is 0 Å². The van der Waals surface area contributed by atoms with Crippen LogP contribution < -0.4 is 10.1 Å². The molecule has 27 heavy (non-hydrogen) atoms. The van der Waals surface area contributed by atoms with Crippen LogP contribution in [0.25, 0.3) is 11.3 Å². The summed E-state index contributed by atoms with van der Waals surface area (Å²) in [6.45, 7) is -3.00. The summed E-state index contributed by atoms with van der Waals surface area (Å²) in [4.78, 5) is 12.1. The quantitative estimate of drug-likeness (QED) is 0.633. The minimum atomic E-state index is -3.00. The van der Waals surface area contributed by atoms with E-state index in [1.54, 1.807) is 6.07 Å². The standard InChI is InChI=1S/C18H13F4N3O2/c19-12-5-11(6-13(20)8-12)14-9-16(25-24-14)23-17(26)7-10-3-1-2-4-15(10)27-18(21)22/h1-6,8-9,18H,7H2,(H2,23,24,25,26). The molecule has 1 aromatic heterocycles. The number of halogens is 4. The number of aromatic nitrogens is 2. The van der Waals surface area contributed by atoms with E-state index in [0.29, 0.717) is 5.69 Å². The summed E-state index contributed by atoms with van der Waals surface area (Å²) in [6.07, 6.45) is -0.223. The van der Waals surface area contributed by atoms with E-state index in [1.807, 2.05) is 0 Å². The molecule has 0 aliphatic heterocycles. The zero-order valence-electron chi connectivity index (χ0n) is 13.7. The normalized spacial score (nSPS) is 10.9. The molecule has 3 aromatic rings. The molecule has 0 aliphatic carbocycles. The fraction of sp³-hybridized carbons (Fsp3) is 0.111. The van der Waals surface area contributed by atoms with Gasteiger partial charge in [0.05, 0.1) is 12.1 Å². The van der Waals surface area contributed by atoms with Gasteiger partial charge in [-0.2, -0.15) is 13.9 Å². The number of amides is 1. The number of benzene rings is 2. The van der Waals surface area contributed by atoms with Crippen LogP contribution >= 0.6 is 0 Å². The second kappa shape index (κ2) is 7.90. The first-order chi connectivity index (χ1) is 12.9. The fourth-order valence-corrected chi connectivity index (χ4v) is 2.46. The zero-order valence-corrected chi connectivity index (χ0v) is 13.7. The molecule has 2 aromatic carbocycles. The second-order valence-electron chi connectivity index (χ2n) is 5.54. The average Bonchev–Trinajstić information content (AvgIpc) is 3.04. The van der Waals surface area contributed by atoms with E-state index in [-0.39, 0.29) is 29.1 Å². The number of alkyl halides is 2. The summed E-state index contributed by atoms with van der Waals surface area (Å²) in [5.74, 6) is -2.00. The monoisotopic (exact) mass is 379 g/mol. The third-order valence-corrected chi connectivity index (χ3v) is 3.56. The molecule has 0 radical (unpaired) electrons. The summed E-state index contributed by atoms with van der Waals surface area (Å²) in [5, 5.41) is 8.89. The van der Waals surface area contributed by atoms with E-state index in [1.165, 1.54) is 24.3 Å². The van der Waals surface area contributed by atoms with Gasteiger partial charge < -0.3 is 10.1 Å². The first-order valence-electron chi connectivity index (χ1n) is 7.75. The number of anilines is 1. The summed E-state index contributed by atoms with van der Waals surface area (Å²) in [7, 11) is 0. The number of carbonyl (C=O) groups excluding carboxylic acids is 1. The molecule has 140 valence electrons. The van der Waals surface area contributed by atoms with Crippen molar-refractivity contribution >= 4 is 11.7 Å². The van der Waals surface area contributed by atoms with Crippen molar-refractivity contribution in [2.75, 3.05) is 5.32 Å². The van der Waals surface area contributed by atoms with Crippen LogP contribution in [0.5, 0.6) is 5.75 Å². The molecule has 0 unspecified atom stereocenters. The number of hydrogen-bond donors (Lipinski definition) is 2. The Hall–Kier alpha value is -3.36.